The average molecular weight is 265 g/mol. The molecule has 0 aliphatic heterocycles. The number of rotatable bonds is 3. The monoisotopic (exact) mass is 265 g/mol. The van der Waals surface area contributed by atoms with Crippen LogP contribution in [-0.4, -0.2) is 35.7 Å². The third-order valence-corrected chi connectivity index (χ3v) is 2.59. The summed E-state index contributed by atoms with van der Waals surface area (Å²) in [5.74, 6) is -0.669. The second-order valence-electron chi connectivity index (χ2n) is 5.40. The van der Waals surface area contributed by atoms with Crippen LogP contribution in [0.5, 0.6) is 5.75 Å². The van der Waals surface area contributed by atoms with Gasteiger partial charge in [0, 0.05) is 7.05 Å². The Morgan fingerprint density at radius 2 is 1.95 bits per heavy atom. The fourth-order valence-electron chi connectivity index (χ4n) is 1.47. The summed E-state index contributed by atoms with van der Waals surface area (Å²) in [6.45, 7) is 5.79. The van der Waals surface area contributed by atoms with Gasteiger partial charge in [-0.3, -0.25) is 9.69 Å². The first kappa shape index (κ1) is 15.0. The first-order chi connectivity index (χ1) is 8.70. The predicted molar refractivity (Wildman–Crippen MR) is 71.4 cm³/mol. The number of carboxylic acid groups (broad SMARTS) is 1. The minimum Gasteiger partial charge on any atom is -0.480 e. The second-order valence-corrected chi connectivity index (χ2v) is 5.40. The molecule has 0 spiro atoms. The molecule has 0 atom stereocenters. The van der Waals surface area contributed by atoms with E-state index < -0.39 is 18.6 Å². The zero-order valence-electron chi connectivity index (χ0n) is 11.6. The van der Waals surface area contributed by atoms with Crippen molar-refractivity contribution in [1.29, 1.82) is 0 Å². The lowest BCUT2D eigenvalue weighted by molar-refractivity contribution is -0.137. The highest BCUT2D eigenvalue weighted by atomic mass is 16.6. The molecule has 0 unspecified atom stereocenters. The van der Waals surface area contributed by atoms with Gasteiger partial charge in [0.25, 0.3) is 0 Å². The third-order valence-electron chi connectivity index (χ3n) is 2.59. The lowest BCUT2D eigenvalue weighted by Crippen LogP contribution is -2.34. The van der Waals surface area contributed by atoms with Crippen molar-refractivity contribution in [2.75, 3.05) is 13.6 Å². The molecule has 0 heterocycles. The Hall–Kier alpha value is -2.04. The molecule has 0 saturated carbocycles. The van der Waals surface area contributed by atoms with Gasteiger partial charge in [0.15, 0.2) is 0 Å². The normalized spacial score (nSPS) is 10.9. The van der Waals surface area contributed by atoms with Crippen molar-refractivity contribution in [3.63, 3.8) is 0 Å². The minimum absolute atomic E-state index is 0.0462. The predicted octanol–water partition coefficient (Wildman–Crippen LogP) is 2.50. The van der Waals surface area contributed by atoms with Crippen LogP contribution >= 0.6 is 0 Å². The van der Waals surface area contributed by atoms with Gasteiger partial charge < -0.3 is 9.84 Å². The number of benzene rings is 1. The van der Waals surface area contributed by atoms with Gasteiger partial charge >= 0.3 is 12.1 Å². The number of nitrogens with zero attached hydrogens (tertiary/aromatic N) is 1. The Balaban J connectivity index is 2.77. The van der Waals surface area contributed by atoms with E-state index in [1.54, 1.807) is 18.2 Å². The molecule has 0 fully saturated rings. The number of carbonyl (C=O) groups excluding carboxylic acids is 1. The number of ether oxygens (including phenoxy) is 1. The van der Waals surface area contributed by atoms with Gasteiger partial charge in [-0.25, -0.2) is 4.79 Å². The fourth-order valence-corrected chi connectivity index (χ4v) is 1.47. The van der Waals surface area contributed by atoms with Gasteiger partial charge in [-0.2, -0.15) is 0 Å². The van der Waals surface area contributed by atoms with Crippen LogP contribution in [0.15, 0.2) is 24.3 Å². The van der Waals surface area contributed by atoms with Crippen LogP contribution in [-0.2, 0) is 10.2 Å². The van der Waals surface area contributed by atoms with Crippen LogP contribution in [0.4, 0.5) is 4.79 Å². The van der Waals surface area contributed by atoms with Gasteiger partial charge in [-0.05, 0) is 23.1 Å². The SMILES string of the molecule is CN(CC(=O)O)C(=O)Oc1cccc(C(C)(C)C)c1. The molecular weight excluding hydrogens is 246 g/mol. The van der Waals surface area contributed by atoms with Crippen LogP contribution in [0.3, 0.4) is 0 Å². The van der Waals surface area contributed by atoms with Crippen molar-refractivity contribution in [3.05, 3.63) is 29.8 Å². The highest BCUT2D eigenvalue weighted by Crippen LogP contribution is 2.25. The molecule has 0 aliphatic rings. The van der Waals surface area contributed by atoms with Gasteiger partial charge in [0.2, 0.25) is 0 Å². The molecule has 5 nitrogen and oxygen atoms in total. The molecule has 1 N–H and O–H groups in total. The lowest BCUT2D eigenvalue weighted by Gasteiger charge is -2.20. The lowest BCUT2D eigenvalue weighted by atomic mass is 9.87. The van der Waals surface area contributed by atoms with Gasteiger partial charge in [0.1, 0.15) is 12.3 Å². The smallest absolute Gasteiger partial charge is 0.415 e. The summed E-state index contributed by atoms with van der Waals surface area (Å²) in [5, 5.41) is 8.60. The number of likely N-dealkylation sites (N-methyl/N-ethyl adjacent to an activating group) is 1. The van der Waals surface area contributed by atoms with E-state index >= 15 is 0 Å². The Kier molecular flexibility index (Phi) is 4.53. The summed E-state index contributed by atoms with van der Waals surface area (Å²) in [7, 11) is 1.38. The van der Waals surface area contributed by atoms with Crippen molar-refractivity contribution in [2.45, 2.75) is 26.2 Å². The van der Waals surface area contributed by atoms with Crippen LogP contribution in [0, 0.1) is 0 Å². The number of carbonyl (C=O) groups is 2. The largest absolute Gasteiger partial charge is 0.480 e. The van der Waals surface area contributed by atoms with E-state index in [9.17, 15) is 9.59 Å². The summed E-state index contributed by atoms with van der Waals surface area (Å²) in [4.78, 5) is 23.2. The van der Waals surface area contributed by atoms with Gasteiger partial charge in [-0.1, -0.05) is 32.9 Å². The zero-order chi connectivity index (χ0) is 14.6. The molecule has 1 amide bonds. The zero-order valence-corrected chi connectivity index (χ0v) is 11.6. The summed E-state index contributed by atoms with van der Waals surface area (Å²) in [6, 6.07) is 7.22. The first-order valence-electron chi connectivity index (χ1n) is 5.95. The van der Waals surface area contributed by atoms with Crippen LogP contribution in [0.2, 0.25) is 0 Å². The van der Waals surface area contributed by atoms with Crippen molar-refractivity contribution in [2.24, 2.45) is 0 Å². The minimum atomic E-state index is -1.08. The van der Waals surface area contributed by atoms with E-state index in [1.165, 1.54) is 7.05 Å². The van der Waals surface area contributed by atoms with Crippen molar-refractivity contribution in [1.82, 2.24) is 4.90 Å². The molecule has 19 heavy (non-hydrogen) atoms. The van der Waals surface area contributed by atoms with Crippen molar-refractivity contribution >= 4 is 12.1 Å². The molecule has 0 aromatic heterocycles. The molecule has 0 saturated heterocycles. The number of carboxylic acids is 1. The molecule has 0 radical (unpaired) electrons. The van der Waals surface area contributed by atoms with Gasteiger partial charge in [-0.15, -0.1) is 0 Å². The molecule has 1 rings (SSSR count). The van der Waals surface area contributed by atoms with Crippen LogP contribution in [0.1, 0.15) is 26.3 Å². The molecule has 1 aromatic rings. The highest BCUT2D eigenvalue weighted by molar-refractivity contribution is 5.77. The van der Waals surface area contributed by atoms with Crippen molar-refractivity contribution in [3.8, 4) is 5.75 Å². The molecule has 5 heteroatoms. The summed E-state index contributed by atoms with van der Waals surface area (Å²) >= 11 is 0. The van der Waals surface area contributed by atoms with Gasteiger partial charge in [0.05, 0.1) is 0 Å². The Bertz CT molecular complexity index is 477. The highest BCUT2D eigenvalue weighted by Gasteiger charge is 2.17. The number of hydrogen-bond donors (Lipinski definition) is 1. The number of aliphatic carboxylic acids is 1. The molecule has 104 valence electrons. The third kappa shape index (κ3) is 4.62. The van der Waals surface area contributed by atoms with Crippen LogP contribution < -0.4 is 4.74 Å². The standard InChI is InChI=1S/C14H19NO4/c1-14(2,3)10-6-5-7-11(8-10)19-13(18)15(4)9-12(16)17/h5-8H,9H2,1-4H3,(H,16,17). The molecule has 0 bridgehead atoms. The summed E-state index contributed by atoms with van der Waals surface area (Å²) in [6.07, 6.45) is -0.687. The number of amides is 1. The molecule has 1 aromatic carbocycles. The maximum Gasteiger partial charge on any atom is 0.415 e. The fraction of sp³-hybridized carbons (Fsp3) is 0.429. The Morgan fingerprint density at radius 1 is 1.32 bits per heavy atom. The molecule has 0 aliphatic carbocycles. The van der Waals surface area contributed by atoms with Crippen molar-refractivity contribution < 1.29 is 19.4 Å². The van der Waals surface area contributed by atoms with E-state index in [4.69, 9.17) is 9.84 Å². The van der Waals surface area contributed by atoms with E-state index in [-0.39, 0.29) is 5.41 Å². The maximum atomic E-state index is 11.6. The average Bonchev–Trinajstić information content (AvgIpc) is 2.27. The second kappa shape index (κ2) is 5.73. The Labute approximate surface area is 112 Å². The Morgan fingerprint density at radius 3 is 2.47 bits per heavy atom. The quantitative estimate of drug-likeness (QED) is 0.911. The summed E-state index contributed by atoms with van der Waals surface area (Å²) < 4.78 is 5.14. The van der Waals surface area contributed by atoms with E-state index in [2.05, 4.69) is 20.8 Å². The molecular formula is C14H19NO4. The topological polar surface area (TPSA) is 66.8 Å². The van der Waals surface area contributed by atoms with E-state index in [1.807, 2.05) is 6.07 Å². The van der Waals surface area contributed by atoms with E-state index in [0.717, 1.165) is 10.5 Å². The number of hydrogen-bond acceptors (Lipinski definition) is 3. The van der Waals surface area contributed by atoms with Crippen LogP contribution in [0.25, 0.3) is 0 Å². The first-order valence-corrected chi connectivity index (χ1v) is 5.95. The van der Waals surface area contributed by atoms with E-state index in [0.29, 0.717) is 5.75 Å². The maximum absolute atomic E-state index is 11.6. The summed E-state index contributed by atoms with van der Waals surface area (Å²) in [5.41, 5.74) is 0.994.